The number of aromatic nitrogens is 3. The molecule has 1 atom stereocenters. The van der Waals surface area contributed by atoms with E-state index in [-0.39, 0.29) is 18.2 Å². The Morgan fingerprint density at radius 3 is 2.79 bits per heavy atom. The molecule has 10 nitrogen and oxygen atoms in total. The number of aromatic amines is 1. The van der Waals surface area contributed by atoms with E-state index in [0.29, 0.717) is 25.1 Å². The van der Waals surface area contributed by atoms with Gasteiger partial charge in [-0.25, -0.2) is 9.78 Å². The molecule has 10 heteroatoms. The molecule has 1 amide bonds. The van der Waals surface area contributed by atoms with Gasteiger partial charge in [-0.05, 0) is 76.6 Å². The third kappa shape index (κ3) is 8.24. The lowest BCUT2D eigenvalue weighted by Gasteiger charge is -2.25. The van der Waals surface area contributed by atoms with Crippen molar-refractivity contribution in [1.82, 2.24) is 25.4 Å². The summed E-state index contributed by atoms with van der Waals surface area (Å²) in [6, 6.07) is 10.6. The predicted molar refractivity (Wildman–Crippen MR) is 151 cm³/mol. The van der Waals surface area contributed by atoms with Crippen LogP contribution in [0.2, 0.25) is 0 Å². The van der Waals surface area contributed by atoms with Crippen LogP contribution in [-0.2, 0) is 22.4 Å². The number of carboxylic acids is 1. The molecule has 39 heavy (non-hydrogen) atoms. The summed E-state index contributed by atoms with van der Waals surface area (Å²) in [5.41, 5.74) is 3.32. The number of fused-ring (bicyclic) bond motifs is 2. The van der Waals surface area contributed by atoms with Gasteiger partial charge in [0.1, 0.15) is 11.9 Å². The largest absolute Gasteiger partial charge is 0.480 e. The minimum Gasteiger partial charge on any atom is -0.480 e. The molecule has 0 unspecified atom stereocenters. The fourth-order valence-corrected chi connectivity index (χ4v) is 4.83. The molecule has 3 heterocycles. The highest BCUT2D eigenvalue weighted by Gasteiger charge is 2.24. The number of nitrogens with zero attached hydrogens (tertiary/aromatic N) is 3. The van der Waals surface area contributed by atoms with Crippen LogP contribution < -0.4 is 10.6 Å². The normalized spacial score (nSPS) is 13.8. The Bertz CT molecular complexity index is 1240. The maximum Gasteiger partial charge on any atom is 0.326 e. The molecule has 1 aliphatic rings. The molecule has 0 bridgehead atoms. The summed E-state index contributed by atoms with van der Waals surface area (Å²) in [6.45, 7) is 7.59. The number of hydrogen-bond acceptors (Lipinski definition) is 7. The van der Waals surface area contributed by atoms with Crippen molar-refractivity contribution in [2.75, 3.05) is 38.1 Å². The van der Waals surface area contributed by atoms with E-state index in [4.69, 9.17) is 9.72 Å². The molecular formula is C29H40N6O4. The van der Waals surface area contributed by atoms with Crippen LogP contribution in [0.3, 0.4) is 0 Å². The number of carbonyl (C=O) groups excluding carboxylic acids is 1. The number of pyridine rings is 1. The molecular weight excluding hydrogens is 496 g/mol. The third-order valence-electron chi connectivity index (χ3n) is 6.99. The number of nitrogens with one attached hydrogen (secondary N) is 3. The summed E-state index contributed by atoms with van der Waals surface area (Å²) in [7, 11) is 0. The zero-order valence-corrected chi connectivity index (χ0v) is 22.9. The van der Waals surface area contributed by atoms with Gasteiger partial charge in [0.05, 0.1) is 18.2 Å². The maximum atomic E-state index is 12.9. The number of carboxylic acid groups (broad SMARTS) is 1. The first kappa shape index (κ1) is 28.5. The lowest BCUT2D eigenvalue weighted by Crippen LogP contribution is -2.43. The fraction of sp³-hybridized carbons (Fsp3) is 0.517. The van der Waals surface area contributed by atoms with Crippen LogP contribution in [0, 0.1) is 0 Å². The minimum absolute atomic E-state index is 0.130. The molecule has 3 aromatic rings. The van der Waals surface area contributed by atoms with E-state index < -0.39 is 17.9 Å². The van der Waals surface area contributed by atoms with Gasteiger partial charge in [0.25, 0.3) is 5.91 Å². The van der Waals surface area contributed by atoms with Gasteiger partial charge in [-0.1, -0.05) is 24.3 Å². The van der Waals surface area contributed by atoms with Crippen LogP contribution in [0.15, 0.2) is 36.4 Å². The van der Waals surface area contributed by atoms with E-state index in [2.05, 4.69) is 37.9 Å². The van der Waals surface area contributed by atoms with Crippen molar-refractivity contribution in [3.63, 3.8) is 0 Å². The van der Waals surface area contributed by atoms with Gasteiger partial charge in [0.2, 0.25) is 0 Å². The average Bonchev–Trinajstić information content (AvgIpc) is 3.36. The SMILES string of the molecule is CC(C)OCCN(CCCCc1ccc2c(n1)NCCC2)CC[C@H](NC(=O)c1n[nH]c2ccccc12)C(=O)O. The molecule has 1 aromatic carbocycles. The van der Waals surface area contributed by atoms with Crippen molar-refractivity contribution in [1.29, 1.82) is 0 Å². The van der Waals surface area contributed by atoms with Gasteiger partial charge in [-0.2, -0.15) is 5.10 Å². The maximum absolute atomic E-state index is 12.9. The van der Waals surface area contributed by atoms with Crippen LogP contribution >= 0.6 is 0 Å². The van der Waals surface area contributed by atoms with Crippen LogP contribution in [0.5, 0.6) is 0 Å². The summed E-state index contributed by atoms with van der Waals surface area (Å²) >= 11 is 0. The van der Waals surface area contributed by atoms with Gasteiger partial charge < -0.3 is 25.4 Å². The number of amides is 1. The standard InChI is InChI=1S/C29H40N6O4/c1-20(2)39-19-18-35(16-6-5-9-22-13-12-21-8-7-15-30-27(21)31-22)17-14-25(29(37)38)32-28(36)26-23-10-3-4-11-24(23)33-34-26/h3-4,10-13,20,25H,5-9,14-19H2,1-2H3,(H,30,31)(H,32,36)(H,33,34)(H,37,38)/t25-/m0/s1. The average molecular weight is 537 g/mol. The molecule has 1 aliphatic heterocycles. The Morgan fingerprint density at radius 1 is 1.13 bits per heavy atom. The Labute approximate surface area is 229 Å². The molecule has 0 saturated carbocycles. The van der Waals surface area contributed by atoms with E-state index in [1.54, 1.807) is 6.07 Å². The number of unbranched alkanes of at least 4 members (excludes halogenated alkanes) is 1. The number of ether oxygens (including phenoxy) is 1. The topological polar surface area (TPSA) is 132 Å². The summed E-state index contributed by atoms with van der Waals surface area (Å²) in [6.07, 6.45) is 5.48. The van der Waals surface area contributed by atoms with Crippen LogP contribution in [-0.4, -0.2) is 82.0 Å². The van der Waals surface area contributed by atoms with E-state index in [1.165, 1.54) is 5.56 Å². The van der Waals surface area contributed by atoms with Crippen LogP contribution in [0.4, 0.5) is 5.82 Å². The highest BCUT2D eigenvalue weighted by atomic mass is 16.5. The highest BCUT2D eigenvalue weighted by molar-refractivity contribution is 6.05. The Kier molecular flexibility index (Phi) is 10.3. The quantitative estimate of drug-likeness (QED) is 0.217. The van der Waals surface area contributed by atoms with E-state index >= 15 is 0 Å². The highest BCUT2D eigenvalue weighted by Crippen LogP contribution is 2.20. The van der Waals surface area contributed by atoms with E-state index in [0.717, 1.165) is 62.2 Å². The van der Waals surface area contributed by atoms with Crippen molar-refractivity contribution in [2.24, 2.45) is 0 Å². The van der Waals surface area contributed by atoms with Crippen molar-refractivity contribution >= 4 is 28.6 Å². The van der Waals surface area contributed by atoms with Crippen LogP contribution in [0.1, 0.15) is 61.3 Å². The number of rotatable bonds is 15. The molecule has 0 spiro atoms. The Hall–Kier alpha value is -3.50. The zero-order chi connectivity index (χ0) is 27.6. The third-order valence-corrected chi connectivity index (χ3v) is 6.99. The summed E-state index contributed by atoms with van der Waals surface area (Å²) in [4.78, 5) is 31.9. The van der Waals surface area contributed by atoms with Gasteiger partial charge in [-0.15, -0.1) is 0 Å². The monoisotopic (exact) mass is 536 g/mol. The van der Waals surface area contributed by atoms with Gasteiger partial charge in [0, 0.05) is 30.7 Å². The number of benzene rings is 1. The van der Waals surface area contributed by atoms with Crippen molar-refractivity contribution in [3.05, 3.63) is 53.3 Å². The van der Waals surface area contributed by atoms with Gasteiger partial charge >= 0.3 is 5.97 Å². The molecule has 0 aliphatic carbocycles. The van der Waals surface area contributed by atoms with E-state index in [1.807, 2.05) is 32.0 Å². The zero-order valence-electron chi connectivity index (χ0n) is 22.9. The number of anilines is 1. The minimum atomic E-state index is -1.06. The molecule has 0 radical (unpaired) electrons. The first-order chi connectivity index (χ1) is 18.9. The first-order valence-electron chi connectivity index (χ1n) is 13.9. The summed E-state index contributed by atoms with van der Waals surface area (Å²) < 4.78 is 5.75. The molecule has 4 N–H and O–H groups in total. The second-order valence-corrected chi connectivity index (χ2v) is 10.3. The first-order valence-corrected chi connectivity index (χ1v) is 13.9. The number of aliphatic carboxylic acids is 1. The number of hydrogen-bond donors (Lipinski definition) is 4. The van der Waals surface area contributed by atoms with Crippen molar-refractivity contribution in [2.45, 2.75) is 64.5 Å². The predicted octanol–water partition coefficient (Wildman–Crippen LogP) is 3.64. The number of H-pyrrole nitrogens is 1. The Morgan fingerprint density at radius 2 is 1.97 bits per heavy atom. The van der Waals surface area contributed by atoms with Crippen molar-refractivity contribution < 1.29 is 19.4 Å². The molecule has 210 valence electrons. The summed E-state index contributed by atoms with van der Waals surface area (Å²) in [5, 5.41) is 23.5. The summed E-state index contributed by atoms with van der Waals surface area (Å²) in [5.74, 6) is -0.536. The van der Waals surface area contributed by atoms with Gasteiger partial charge in [-0.3, -0.25) is 9.89 Å². The lowest BCUT2D eigenvalue weighted by atomic mass is 10.1. The van der Waals surface area contributed by atoms with Crippen LogP contribution in [0.25, 0.3) is 10.9 Å². The number of aryl methyl sites for hydroxylation is 2. The second-order valence-electron chi connectivity index (χ2n) is 10.3. The molecule has 0 saturated heterocycles. The fourth-order valence-electron chi connectivity index (χ4n) is 4.83. The molecule has 2 aromatic heterocycles. The van der Waals surface area contributed by atoms with E-state index in [9.17, 15) is 14.7 Å². The lowest BCUT2D eigenvalue weighted by molar-refractivity contribution is -0.139. The number of carbonyl (C=O) groups is 2. The number of para-hydroxylation sites is 1. The van der Waals surface area contributed by atoms with Gasteiger partial charge in [0.15, 0.2) is 5.69 Å². The molecule has 4 rings (SSSR count). The molecule has 0 fully saturated rings. The Balaban J connectivity index is 1.29. The van der Waals surface area contributed by atoms with Crippen molar-refractivity contribution in [3.8, 4) is 0 Å². The smallest absolute Gasteiger partial charge is 0.326 e. The second kappa shape index (κ2) is 14.0.